The van der Waals surface area contributed by atoms with E-state index in [1.807, 2.05) is 6.07 Å². The standard InChI is InChI=1S/C45H28BrN/c46-33-24-26-39-41(28-33)45(37-20-9-16-30-12-5-7-18-35(30)37)38-25-23-32(43-22-10-21-42(47-43)31-13-2-1-3-14-31)27-40(38)44(39)36-19-8-15-29-11-4-6-17-34(29)36/h1-28H. The van der Waals surface area contributed by atoms with Gasteiger partial charge in [0.15, 0.2) is 0 Å². The fourth-order valence-electron chi connectivity index (χ4n) is 7.19. The van der Waals surface area contributed by atoms with Crippen molar-refractivity contribution in [3.05, 3.63) is 174 Å². The van der Waals surface area contributed by atoms with E-state index in [0.717, 1.165) is 27.0 Å². The molecular formula is C45H28BrN. The maximum Gasteiger partial charge on any atom is 0.0709 e. The normalized spacial score (nSPS) is 11.5. The van der Waals surface area contributed by atoms with Gasteiger partial charge in [-0.25, -0.2) is 4.98 Å². The first kappa shape index (κ1) is 27.7. The van der Waals surface area contributed by atoms with Crippen LogP contribution in [0.15, 0.2) is 174 Å². The molecule has 0 fully saturated rings. The van der Waals surface area contributed by atoms with Gasteiger partial charge in [-0.2, -0.15) is 0 Å². The number of pyridine rings is 1. The van der Waals surface area contributed by atoms with Gasteiger partial charge in [-0.05, 0) is 95.7 Å². The van der Waals surface area contributed by atoms with Crippen LogP contribution in [-0.2, 0) is 0 Å². The Labute approximate surface area is 281 Å². The molecule has 9 aromatic rings. The summed E-state index contributed by atoms with van der Waals surface area (Å²) >= 11 is 3.83. The highest BCUT2D eigenvalue weighted by atomic mass is 79.9. The molecule has 0 saturated heterocycles. The molecule has 8 aromatic carbocycles. The minimum atomic E-state index is 0.958. The molecular weight excluding hydrogens is 634 g/mol. The van der Waals surface area contributed by atoms with Crippen molar-refractivity contribution in [2.24, 2.45) is 0 Å². The molecule has 0 unspecified atom stereocenters. The molecule has 0 N–H and O–H groups in total. The smallest absolute Gasteiger partial charge is 0.0709 e. The van der Waals surface area contributed by atoms with Crippen LogP contribution in [0.4, 0.5) is 0 Å². The van der Waals surface area contributed by atoms with Crippen molar-refractivity contribution in [1.29, 1.82) is 0 Å². The maximum absolute atomic E-state index is 5.16. The molecule has 0 spiro atoms. The van der Waals surface area contributed by atoms with Gasteiger partial charge in [0.1, 0.15) is 0 Å². The van der Waals surface area contributed by atoms with E-state index < -0.39 is 0 Å². The quantitative estimate of drug-likeness (QED) is 0.171. The molecule has 47 heavy (non-hydrogen) atoms. The van der Waals surface area contributed by atoms with Gasteiger partial charge in [-0.1, -0.05) is 155 Å². The largest absolute Gasteiger partial charge is 0.248 e. The monoisotopic (exact) mass is 661 g/mol. The first-order valence-corrected chi connectivity index (χ1v) is 16.7. The van der Waals surface area contributed by atoms with E-state index >= 15 is 0 Å². The highest BCUT2D eigenvalue weighted by Gasteiger charge is 2.20. The molecule has 0 aliphatic heterocycles. The summed E-state index contributed by atoms with van der Waals surface area (Å²) in [5.41, 5.74) is 9.08. The van der Waals surface area contributed by atoms with Crippen LogP contribution in [0.25, 0.3) is 87.9 Å². The average Bonchev–Trinajstić information content (AvgIpc) is 3.14. The Kier molecular flexibility index (Phi) is 6.69. The van der Waals surface area contributed by atoms with Crippen molar-refractivity contribution in [2.75, 3.05) is 0 Å². The molecule has 220 valence electrons. The van der Waals surface area contributed by atoms with E-state index in [2.05, 4.69) is 180 Å². The minimum Gasteiger partial charge on any atom is -0.248 e. The molecule has 0 saturated carbocycles. The van der Waals surface area contributed by atoms with Crippen LogP contribution in [0.1, 0.15) is 0 Å². The molecule has 0 radical (unpaired) electrons. The fourth-order valence-corrected chi connectivity index (χ4v) is 7.55. The lowest BCUT2D eigenvalue weighted by atomic mass is 9.83. The predicted molar refractivity (Wildman–Crippen MR) is 204 cm³/mol. The van der Waals surface area contributed by atoms with Crippen molar-refractivity contribution in [3.63, 3.8) is 0 Å². The second kappa shape index (κ2) is 11.3. The van der Waals surface area contributed by atoms with Gasteiger partial charge in [0, 0.05) is 15.6 Å². The van der Waals surface area contributed by atoms with Gasteiger partial charge in [0.25, 0.3) is 0 Å². The molecule has 0 aliphatic rings. The Morgan fingerprint density at radius 2 is 0.851 bits per heavy atom. The first-order valence-electron chi connectivity index (χ1n) is 15.9. The molecule has 2 heteroatoms. The Hall–Kier alpha value is -5.57. The Bertz CT molecular complexity index is 2630. The SMILES string of the molecule is Brc1ccc2c(-c3cccc4ccccc34)c3cc(-c4cccc(-c5ccccc5)n4)ccc3c(-c3cccc4ccccc34)c2c1. The fraction of sp³-hybridized carbons (Fsp3) is 0. The Balaban J connectivity index is 1.42. The number of aromatic nitrogens is 1. The Morgan fingerprint density at radius 3 is 1.51 bits per heavy atom. The number of fused-ring (bicyclic) bond motifs is 4. The third-order valence-electron chi connectivity index (χ3n) is 9.31. The molecule has 0 amide bonds. The summed E-state index contributed by atoms with van der Waals surface area (Å²) in [4.78, 5) is 5.16. The van der Waals surface area contributed by atoms with E-state index in [1.165, 1.54) is 65.3 Å². The number of hydrogen-bond acceptors (Lipinski definition) is 1. The number of rotatable bonds is 4. The van der Waals surface area contributed by atoms with Crippen molar-refractivity contribution < 1.29 is 0 Å². The summed E-state index contributed by atoms with van der Waals surface area (Å²) in [5.74, 6) is 0. The molecule has 0 aliphatic carbocycles. The lowest BCUT2D eigenvalue weighted by molar-refractivity contribution is 1.33. The second-order valence-corrected chi connectivity index (χ2v) is 12.9. The molecule has 0 bridgehead atoms. The van der Waals surface area contributed by atoms with E-state index in [0.29, 0.717) is 0 Å². The van der Waals surface area contributed by atoms with Crippen LogP contribution in [0, 0.1) is 0 Å². The zero-order chi connectivity index (χ0) is 31.3. The highest BCUT2D eigenvalue weighted by Crippen LogP contribution is 2.48. The predicted octanol–water partition coefficient (Wildman–Crippen LogP) is 13.1. The van der Waals surface area contributed by atoms with Gasteiger partial charge in [-0.15, -0.1) is 0 Å². The summed E-state index contributed by atoms with van der Waals surface area (Å²) in [6, 6.07) is 61.1. The zero-order valence-electron chi connectivity index (χ0n) is 25.5. The summed E-state index contributed by atoms with van der Waals surface area (Å²) < 4.78 is 1.06. The molecule has 9 rings (SSSR count). The average molecular weight is 663 g/mol. The summed E-state index contributed by atoms with van der Waals surface area (Å²) in [5, 5.41) is 9.84. The van der Waals surface area contributed by atoms with Crippen LogP contribution in [0.2, 0.25) is 0 Å². The van der Waals surface area contributed by atoms with Gasteiger partial charge >= 0.3 is 0 Å². The summed E-state index contributed by atoms with van der Waals surface area (Å²) in [6.45, 7) is 0. The van der Waals surface area contributed by atoms with Gasteiger partial charge < -0.3 is 0 Å². The molecule has 1 nitrogen and oxygen atoms in total. The van der Waals surface area contributed by atoms with Crippen LogP contribution >= 0.6 is 15.9 Å². The van der Waals surface area contributed by atoms with Crippen LogP contribution in [0.3, 0.4) is 0 Å². The van der Waals surface area contributed by atoms with Crippen LogP contribution < -0.4 is 0 Å². The zero-order valence-corrected chi connectivity index (χ0v) is 27.1. The van der Waals surface area contributed by atoms with Gasteiger partial charge in [0.05, 0.1) is 11.4 Å². The number of benzene rings is 8. The van der Waals surface area contributed by atoms with Crippen LogP contribution in [0.5, 0.6) is 0 Å². The maximum atomic E-state index is 5.16. The van der Waals surface area contributed by atoms with Crippen LogP contribution in [-0.4, -0.2) is 4.98 Å². The minimum absolute atomic E-state index is 0.958. The van der Waals surface area contributed by atoms with E-state index in [9.17, 15) is 0 Å². The third-order valence-corrected chi connectivity index (χ3v) is 9.80. The van der Waals surface area contributed by atoms with Crippen molar-refractivity contribution in [1.82, 2.24) is 4.98 Å². The number of nitrogens with zero attached hydrogens (tertiary/aromatic N) is 1. The van der Waals surface area contributed by atoms with Crippen molar-refractivity contribution >= 4 is 59.0 Å². The second-order valence-electron chi connectivity index (χ2n) is 12.0. The van der Waals surface area contributed by atoms with Gasteiger partial charge in [-0.3, -0.25) is 0 Å². The van der Waals surface area contributed by atoms with E-state index in [1.54, 1.807) is 0 Å². The lowest BCUT2D eigenvalue weighted by Crippen LogP contribution is -1.94. The lowest BCUT2D eigenvalue weighted by Gasteiger charge is -2.20. The highest BCUT2D eigenvalue weighted by molar-refractivity contribution is 9.10. The van der Waals surface area contributed by atoms with Crippen molar-refractivity contribution in [3.8, 4) is 44.8 Å². The molecule has 0 atom stereocenters. The third kappa shape index (κ3) is 4.72. The van der Waals surface area contributed by atoms with Crippen molar-refractivity contribution in [2.45, 2.75) is 0 Å². The van der Waals surface area contributed by atoms with E-state index in [4.69, 9.17) is 4.98 Å². The van der Waals surface area contributed by atoms with E-state index in [-0.39, 0.29) is 0 Å². The molecule has 1 heterocycles. The number of halogens is 1. The molecule has 1 aromatic heterocycles. The Morgan fingerprint density at radius 1 is 0.340 bits per heavy atom. The first-order chi connectivity index (χ1) is 23.2. The number of hydrogen-bond donors (Lipinski definition) is 0. The summed E-state index contributed by atoms with van der Waals surface area (Å²) in [6.07, 6.45) is 0. The topological polar surface area (TPSA) is 12.9 Å². The summed E-state index contributed by atoms with van der Waals surface area (Å²) in [7, 11) is 0. The van der Waals surface area contributed by atoms with Gasteiger partial charge in [0.2, 0.25) is 0 Å².